The smallest absolute Gasteiger partial charge is 0.255 e. The third kappa shape index (κ3) is 4.38. The predicted octanol–water partition coefficient (Wildman–Crippen LogP) is 4.65. The third-order valence-electron chi connectivity index (χ3n) is 5.76. The quantitative estimate of drug-likeness (QED) is 0.710. The van der Waals surface area contributed by atoms with Gasteiger partial charge in [0.1, 0.15) is 0 Å². The molecule has 3 aromatic rings. The Labute approximate surface area is 171 Å². The first-order chi connectivity index (χ1) is 14.3. The van der Waals surface area contributed by atoms with Crippen molar-refractivity contribution in [3.8, 4) is 11.3 Å². The lowest BCUT2D eigenvalue weighted by molar-refractivity contribution is 0.0760. The second-order valence-electron chi connectivity index (χ2n) is 7.58. The van der Waals surface area contributed by atoms with Gasteiger partial charge in [-0.1, -0.05) is 54.6 Å². The van der Waals surface area contributed by atoms with E-state index in [9.17, 15) is 9.90 Å². The summed E-state index contributed by atoms with van der Waals surface area (Å²) in [6.45, 7) is 1.53. The average molecular weight is 386 g/mol. The zero-order valence-electron chi connectivity index (χ0n) is 16.5. The van der Waals surface area contributed by atoms with Crippen molar-refractivity contribution in [2.45, 2.75) is 31.8 Å². The van der Waals surface area contributed by atoms with Crippen LogP contribution in [0.1, 0.15) is 46.7 Å². The van der Waals surface area contributed by atoms with Crippen LogP contribution in [-0.2, 0) is 6.61 Å². The Morgan fingerprint density at radius 3 is 2.52 bits per heavy atom. The summed E-state index contributed by atoms with van der Waals surface area (Å²) >= 11 is 0. The van der Waals surface area contributed by atoms with E-state index >= 15 is 0 Å². The molecule has 1 amide bonds. The maximum atomic E-state index is 13.0. The highest BCUT2D eigenvalue weighted by Gasteiger charge is 2.22. The summed E-state index contributed by atoms with van der Waals surface area (Å²) in [7, 11) is 0. The molecule has 1 atom stereocenters. The summed E-state index contributed by atoms with van der Waals surface area (Å²) in [5, 5.41) is 9.53. The Hall–Kier alpha value is -2.98. The fourth-order valence-electron chi connectivity index (χ4n) is 4.13. The molecule has 1 N–H and O–H groups in total. The molecule has 0 radical (unpaired) electrons. The number of aliphatic hydroxyl groups excluding tert-OH is 1. The van der Waals surface area contributed by atoms with Crippen LogP contribution in [0.4, 0.5) is 0 Å². The van der Waals surface area contributed by atoms with Gasteiger partial charge in [-0.25, -0.2) is 0 Å². The molecule has 1 unspecified atom stereocenters. The molecule has 2 heterocycles. The molecule has 0 aliphatic carbocycles. The number of carbonyl (C=O) groups is 1. The highest BCUT2D eigenvalue weighted by Crippen LogP contribution is 2.28. The van der Waals surface area contributed by atoms with Crippen LogP contribution in [0.5, 0.6) is 0 Å². The van der Waals surface area contributed by atoms with Gasteiger partial charge in [-0.15, -0.1) is 0 Å². The van der Waals surface area contributed by atoms with Crippen molar-refractivity contribution in [2.24, 2.45) is 0 Å². The van der Waals surface area contributed by atoms with Crippen molar-refractivity contribution in [2.75, 3.05) is 13.1 Å². The van der Waals surface area contributed by atoms with Gasteiger partial charge in [0.2, 0.25) is 0 Å². The standard InChI is InChI=1S/C25H26N2O2/c28-18-22-9-4-5-11-23(22)24-13-12-21(17-26-24)25(29)27-15-6-10-20(14-16-27)19-7-2-1-3-8-19/h1-5,7-9,11-13,17,20,28H,6,10,14-16,18H2. The Morgan fingerprint density at radius 2 is 1.76 bits per heavy atom. The van der Waals surface area contributed by atoms with Crippen molar-refractivity contribution in [3.05, 3.63) is 89.6 Å². The second-order valence-corrected chi connectivity index (χ2v) is 7.58. The van der Waals surface area contributed by atoms with Gasteiger partial charge in [0.05, 0.1) is 17.9 Å². The average Bonchev–Trinajstić information content (AvgIpc) is 3.06. The van der Waals surface area contributed by atoms with Crippen molar-refractivity contribution in [1.82, 2.24) is 9.88 Å². The second kappa shape index (κ2) is 9.01. The van der Waals surface area contributed by atoms with Crippen LogP contribution in [-0.4, -0.2) is 34.0 Å². The molecule has 4 rings (SSSR count). The fourth-order valence-corrected chi connectivity index (χ4v) is 4.13. The minimum atomic E-state index is -0.0328. The van der Waals surface area contributed by atoms with Gasteiger partial charge in [-0.05, 0) is 48.4 Å². The highest BCUT2D eigenvalue weighted by molar-refractivity contribution is 5.94. The normalized spacial score (nSPS) is 17.0. The van der Waals surface area contributed by atoms with Crippen LogP contribution in [0.15, 0.2) is 72.9 Å². The minimum Gasteiger partial charge on any atom is -0.392 e. The summed E-state index contributed by atoms with van der Waals surface area (Å²) in [6.07, 6.45) is 4.78. The van der Waals surface area contributed by atoms with Gasteiger partial charge in [-0.2, -0.15) is 0 Å². The summed E-state index contributed by atoms with van der Waals surface area (Å²) in [6, 6.07) is 22.0. The highest BCUT2D eigenvalue weighted by atomic mass is 16.3. The Kier molecular flexibility index (Phi) is 6.01. The van der Waals surface area contributed by atoms with Crippen molar-refractivity contribution >= 4 is 5.91 Å². The summed E-state index contributed by atoms with van der Waals surface area (Å²) in [5.74, 6) is 0.567. The Balaban J connectivity index is 1.46. The van der Waals surface area contributed by atoms with E-state index < -0.39 is 0 Å². The molecule has 0 saturated carbocycles. The van der Waals surface area contributed by atoms with Crippen molar-refractivity contribution < 1.29 is 9.90 Å². The van der Waals surface area contributed by atoms with Crippen LogP contribution in [0.2, 0.25) is 0 Å². The molecule has 0 spiro atoms. The Morgan fingerprint density at radius 1 is 0.966 bits per heavy atom. The number of nitrogens with zero attached hydrogens (tertiary/aromatic N) is 2. The molecular weight excluding hydrogens is 360 g/mol. The first-order valence-corrected chi connectivity index (χ1v) is 10.3. The topological polar surface area (TPSA) is 53.4 Å². The summed E-state index contributed by atoms with van der Waals surface area (Å²) < 4.78 is 0. The molecule has 1 aliphatic rings. The molecular formula is C25H26N2O2. The number of benzene rings is 2. The van der Waals surface area contributed by atoms with Gasteiger partial charge < -0.3 is 10.0 Å². The Bertz CT molecular complexity index is 954. The van der Waals surface area contributed by atoms with Gasteiger partial charge in [0.25, 0.3) is 5.91 Å². The number of aromatic nitrogens is 1. The predicted molar refractivity (Wildman–Crippen MR) is 115 cm³/mol. The molecule has 1 aliphatic heterocycles. The van der Waals surface area contributed by atoms with Crippen molar-refractivity contribution in [1.29, 1.82) is 0 Å². The maximum Gasteiger partial charge on any atom is 0.255 e. The monoisotopic (exact) mass is 386 g/mol. The van der Waals surface area contributed by atoms with Crippen LogP contribution >= 0.6 is 0 Å². The van der Waals surface area contributed by atoms with Crippen LogP contribution in [0.3, 0.4) is 0 Å². The number of rotatable bonds is 4. The van der Waals surface area contributed by atoms with E-state index in [0.29, 0.717) is 11.5 Å². The number of hydrogen-bond donors (Lipinski definition) is 1. The number of aliphatic hydroxyl groups is 1. The molecule has 148 valence electrons. The minimum absolute atomic E-state index is 0.0328. The van der Waals surface area contributed by atoms with E-state index in [-0.39, 0.29) is 12.5 Å². The molecule has 0 bridgehead atoms. The van der Waals surface area contributed by atoms with Crippen LogP contribution in [0, 0.1) is 0 Å². The van der Waals surface area contributed by atoms with Gasteiger partial charge in [-0.3, -0.25) is 9.78 Å². The number of pyridine rings is 1. The van der Waals surface area contributed by atoms with E-state index in [0.717, 1.165) is 49.2 Å². The number of amides is 1. The SMILES string of the molecule is O=C(c1ccc(-c2ccccc2CO)nc1)N1CCCC(c2ccccc2)CC1. The zero-order valence-corrected chi connectivity index (χ0v) is 16.5. The first-order valence-electron chi connectivity index (χ1n) is 10.3. The molecule has 4 nitrogen and oxygen atoms in total. The van der Waals surface area contributed by atoms with Gasteiger partial charge in [0, 0.05) is 24.8 Å². The summed E-state index contributed by atoms with van der Waals surface area (Å²) in [5.41, 5.74) is 4.49. The van der Waals surface area contributed by atoms with E-state index in [1.165, 1.54) is 5.56 Å². The third-order valence-corrected chi connectivity index (χ3v) is 5.76. The molecule has 1 saturated heterocycles. The van der Waals surface area contributed by atoms with Crippen LogP contribution < -0.4 is 0 Å². The molecule has 2 aromatic carbocycles. The van der Waals surface area contributed by atoms with E-state index in [2.05, 4.69) is 29.2 Å². The van der Waals surface area contributed by atoms with Gasteiger partial charge >= 0.3 is 0 Å². The molecule has 29 heavy (non-hydrogen) atoms. The number of carbonyl (C=O) groups excluding carboxylic acids is 1. The summed E-state index contributed by atoms with van der Waals surface area (Å²) in [4.78, 5) is 19.5. The van der Waals surface area contributed by atoms with E-state index in [1.807, 2.05) is 47.4 Å². The van der Waals surface area contributed by atoms with E-state index in [4.69, 9.17) is 0 Å². The number of hydrogen-bond acceptors (Lipinski definition) is 3. The number of likely N-dealkylation sites (tertiary alicyclic amines) is 1. The van der Waals surface area contributed by atoms with Crippen molar-refractivity contribution in [3.63, 3.8) is 0 Å². The zero-order chi connectivity index (χ0) is 20.1. The lowest BCUT2D eigenvalue weighted by atomic mass is 9.92. The van der Waals surface area contributed by atoms with E-state index in [1.54, 1.807) is 6.20 Å². The molecule has 1 aromatic heterocycles. The fraction of sp³-hybridized carbons (Fsp3) is 0.280. The lowest BCUT2D eigenvalue weighted by Gasteiger charge is -2.21. The maximum absolute atomic E-state index is 13.0. The molecule has 1 fully saturated rings. The van der Waals surface area contributed by atoms with Crippen LogP contribution in [0.25, 0.3) is 11.3 Å². The first kappa shape index (κ1) is 19.3. The lowest BCUT2D eigenvalue weighted by Crippen LogP contribution is -2.32. The van der Waals surface area contributed by atoms with Gasteiger partial charge in [0.15, 0.2) is 0 Å². The molecule has 4 heteroatoms. The largest absolute Gasteiger partial charge is 0.392 e.